The second-order valence-corrected chi connectivity index (χ2v) is 6.46. The van der Waals surface area contributed by atoms with Crippen LogP contribution in [0.25, 0.3) is 0 Å². The third kappa shape index (κ3) is 3.37. The van der Waals surface area contributed by atoms with Gasteiger partial charge < -0.3 is 4.90 Å². The summed E-state index contributed by atoms with van der Waals surface area (Å²) in [5.41, 5.74) is 0.782. The second-order valence-electron chi connectivity index (χ2n) is 5.55. The molecule has 1 aliphatic heterocycles. The van der Waals surface area contributed by atoms with Crippen LogP contribution >= 0.6 is 15.9 Å². The molecule has 1 aliphatic carbocycles. The molecule has 4 heteroatoms. The molecule has 1 heterocycles. The number of hydrogen-bond donors (Lipinski definition) is 0. The van der Waals surface area contributed by atoms with Crippen LogP contribution in [0.3, 0.4) is 0 Å². The molecule has 2 aliphatic rings. The summed E-state index contributed by atoms with van der Waals surface area (Å²) < 4.78 is 0.964. The van der Waals surface area contributed by atoms with Crippen molar-refractivity contribution in [2.45, 2.75) is 12.8 Å². The van der Waals surface area contributed by atoms with Gasteiger partial charge in [-0.3, -0.25) is 9.69 Å². The van der Waals surface area contributed by atoms with Gasteiger partial charge in [-0.1, -0.05) is 22.0 Å². The molecule has 0 unspecified atom stereocenters. The lowest BCUT2D eigenvalue weighted by molar-refractivity contribution is 0.0632. The van der Waals surface area contributed by atoms with Crippen molar-refractivity contribution in [2.75, 3.05) is 32.7 Å². The van der Waals surface area contributed by atoms with Crippen molar-refractivity contribution in [1.29, 1.82) is 0 Å². The molecule has 1 amide bonds. The maximum atomic E-state index is 12.4. The predicted molar refractivity (Wildman–Crippen MR) is 79.2 cm³/mol. The number of rotatable bonds is 3. The molecule has 0 atom stereocenters. The van der Waals surface area contributed by atoms with E-state index in [1.807, 2.05) is 29.2 Å². The van der Waals surface area contributed by atoms with Crippen molar-refractivity contribution >= 4 is 21.8 Å². The molecule has 102 valence electrons. The summed E-state index contributed by atoms with van der Waals surface area (Å²) in [4.78, 5) is 16.9. The Morgan fingerprint density at radius 3 is 2.58 bits per heavy atom. The summed E-state index contributed by atoms with van der Waals surface area (Å²) in [5, 5.41) is 0. The number of amides is 1. The van der Waals surface area contributed by atoms with Crippen LogP contribution in [0.1, 0.15) is 23.2 Å². The van der Waals surface area contributed by atoms with E-state index in [2.05, 4.69) is 20.8 Å². The summed E-state index contributed by atoms with van der Waals surface area (Å²) in [7, 11) is 0. The largest absolute Gasteiger partial charge is 0.336 e. The fourth-order valence-corrected chi connectivity index (χ4v) is 3.00. The first kappa shape index (κ1) is 13.1. The highest BCUT2D eigenvalue weighted by Gasteiger charge is 2.27. The minimum absolute atomic E-state index is 0.160. The average Bonchev–Trinajstić information content (AvgIpc) is 3.23. The fraction of sp³-hybridized carbons (Fsp3) is 0.533. The monoisotopic (exact) mass is 322 g/mol. The molecular weight excluding hydrogens is 304 g/mol. The Morgan fingerprint density at radius 2 is 1.95 bits per heavy atom. The van der Waals surface area contributed by atoms with Crippen molar-refractivity contribution in [3.63, 3.8) is 0 Å². The summed E-state index contributed by atoms with van der Waals surface area (Å²) in [6.45, 7) is 5.00. The Morgan fingerprint density at radius 1 is 1.21 bits per heavy atom. The van der Waals surface area contributed by atoms with E-state index in [-0.39, 0.29) is 5.91 Å². The Balaban J connectivity index is 1.56. The number of carbonyl (C=O) groups is 1. The van der Waals surface area contributed by atoms with Crippen LogP contribution in [-0.4, -0.2) is 48.4 Å². The van der Waals surface area contributed by atoms with Gasteiger partial charge in [0.2, 0.25) is 0 Å². The van der Waals surface area contributed by atoms with Gasteiger partial charge >= 0.3 is 0 Å². The number of piperazine rings is 1. The molecule has 1 aromatic carbocycles. The molecular formula is C15H19BrN2O. The maximum absolute atomic E-state index is 12.4. The lowest BCUT2D eigenvalue weighted by Gasteiger charge is -2.34. The Bertz CT molecular complexity index is 465. The topological polar surface area (TPSA) is 23.6 Å². The van der Waals surface area contributed by atoms with E-state index in [4.69, 9.17) is 0 Å². The van der Waals surface area contributed by atoms with Gasteiger partial charge in [0.1, 0.15) is 0 Å². The third-order valence-corrected chi connectivity index (χ3v) is 4.44. The zero-order valence-electron chi connectivity index (χ0n) is 11.0. The number of nitrogens with zero attached hydrogens (tertiary/aromatic N) is 2. The number of carbonyl (C=O) groups excluding carboxylic acids is 1. The van der Waals surface area contributed by atoms with Gasteiger partial charge in [-0.05, 0) is 37.0 Å². The van der Waals surface area contributed by atoms with E-state index in [0.717, 1.165) is 42.1 Å². The van der Waals surface area contributed by atoms with E-state index in [9.17, 15) is 4.79 Å². The van der Waals surface area contributed by atoms with Crippen molar-refractivity contribution in [1.82, 2.24) is 9.80 Å². The molecule has 3 nitrogen and oxygen atoms in total. The molecule has 0 N–H and O–H groups in total. The first-order chi connectivity index (χ1) is 9.22. The lowest BCUT2D eigenvalue weighted by atomic mass is 10.2. The highest BCUT2D eigenvalue weighted by molar-refractivity contribution is 9.10. The molecule has 2 fully saturated rings. The maximum Gasteiger partial charge on any atom is 0.253 e. The van der Waals surface area contributed by atoms with Crippen LogP contribution in [-0.2, 0) is 0 Å². The summed E-state index contributed by atoms with van der Waals surface area (Å²) >= 11 is 3.42. The van der Waals surface area contributed by atoms with Gasteiger partial charge in [-0.2, -0.15) is 0 Å². The van der Waals surface area contributed by atoms with Crippen LogP contribution in [0, 0.1) is 5.92 Å². The Hall–Kier alpha value is -0.870. The third-order valence-electron chi connectivity index (χ3n) is 3.94. The highest BCUT2D eigenvalue weighted by atomic mass is 79.9. The van der Waals surface area contributed by atoms with Crippen LogP contribution in [0.4, 0.5) is 0 Å². The van der Waals surface area contributed by atoms with Gasteiger partial charge in [0, 0.05) is 42.8 Å². The van der Waals surface area contributed by atoms with Gasteiger partial charge in [-0.25, -0.2) is 0 Å². The van der Waals surface area contributed by atoms with Crippen molar-refractivity contribution in [3.8, 4) is 0 Å². The SMILES string of the molecule is O=C(c1cccc(Br)c1)N1CCN(CC2CC2)CC1. The van der Waals surface area contributed by atoms with E-state index < -0.39 is 0 Å². The van der Waals surface area contributed by atoms with Gasteiger partial charge in [0.05, 0.1) is 0 Å². The van der Waals surface area contributed by atoms with E-state index in [1.54, 1.807) is 0 Å². The number of halogens is 1. The standard InChI is InChI=1S/C15H19BrN2O/c16-14-3-1-2-13(10-14)15(19)18-8-6-17(7-9-18)11-12-4-5-12/h1-3,10,12H,4-9,11H2. The Kier molecular flexibility index (Phi) is 3.89. The number of benzene rings is 1. The van der Waals surface area contributed by atoms with E-state index in [1.165, 1.54) is 19.4 Å². The van der Waals surface area contributed by atoms with Crippen molar-refractivity contribution in [3.05, 3.63) is 34.3 Å². The van der Waals surface area contributed by atoms with E-state index in [0.29, 0.717) is 0 Å². The average molecular weight is 323 g/mol. The molecule has 0 spiro atoms. The minimum atomic E-state index is 0.160. The lowest BCUT2D eigenvalue weighted by Crippen LogP contribution is -2.49. The zero-order chi connectivity index (χ0) is 13.2. The molecule has 0 radical (unpaired) electrons. The normalized spacial score (nSPS) is 20.6. The van der Waals surface area contributed by atoms with Crippen molar-refractivity contribution in [2.24, 2.45) is 5.92 Å². The summed E-state index contributed by atoms with van der Waals surface area (Å²) in [6, 6.07) is 7.66. The van der Waals surface area contributed by atoms with Crippen LogP contribution in [0.5, 0.6) is 0 Å². The first-order valence-electron chi connectivity index (χ1n) is 6.99. The van der Waals surface area contributed by atoms with Gasteiger partial charge in [0.25, 0.3) is 5.91 Å². The molecule has 0 aromatic heterocycles. The summed E-state index contributed by atoms with van der Waals surface area (Å²) in [5.74, 6) is 1.10. The van der Waals surface area contributed by atoms with Crippen LogP contribution in [0.15, 0.2) is 28.7 Å². The quantitative estimate of drug-likeness (QED) is 0.854. The molecule has 3 rings (SSSR count). The van der Waals surface area contributed by atoms with Crippen LogP contribution < -0.4 is 0 Å². The van der Waals surface area contributed by atoms with Crippen LogP contribution in [0.2, 0.25) is 0 Å². The minimum Gasteiger partial charge on any atom is -0.336 e. The summed E-state index contributed by atoms with van der Waals surface area (Å²) in [6.07, 6.45) is 2.80. The van der Waals surface area contributed by atoms with Crippen molar-refractivity contribution < 1.29 is 4.79 Å². The number of hydrogen-bond acceptors (Lipinski definition) is 2. The molecule has 0 bridgehead atoms. The second kappa shape index (κ2) is 5.63. The molecule has 1 aromatic rings. The molecule has 19 heavy (non-hydrogen) atoms. The van der Waals surface area contributed by atoms with Gasteiger partial charge in [-0.15, -0.1) is 0 Å². The van der Waals surface area contributed by atoms with E-state index >= 15 is 0 Å². The molecule has 1 saturated carbocycles. The highest BCUT2D eigenvalue weighted by Crippen LogP contribution is 2.30. The smallest absolute Gasteiger partial charge is 0.253 e. The molecule has 1 saturated heterocycles. The predicted octanol–water partition coefficient (Wildman–Crippen LogP) is 2.62. The Labute approximate surface area is 122 Å². The zero-order valence-corrected chi connectivity index (χ0v) is 12.6. The van der Waals surface area contributed by atoms with Gasteiger partial charge in [0.15, 0.2) is 0 Å². The first-order valence-corrected chi connectivity index (χ1v) is 7.79. The fourth-order valence-electron chi connectivity index (χ4n) is 2.60.